The first-order valence-corrected chi connectivity index (χ1v) is 9.66. The molecule has 0 amide bonds. The van der Waals surface area contributed by atoms with Crippen LogP contribution < -0.4 is 5.43 Å². The van der Waals surface area contributed by atoms with Gasteiger partial charge in [-0.3, -0.25) is 9.59 Å². The molecule has 0 bridgehead atoms. The maximum Gasteiger partial charge on any atom is 0.313 e. The zero-order valence-corrected chi connectivity index (χ0v) is 16.1. The molecule has 0 spiro atoms. The molecule has 0 saturated carbocycles. The number of thioether (sulfide) groups is 1. The Kier molecular flexibility index (Phi) is 4.78. The van der Waals surface area contributed by atoms with Crippen LogP contribution in [0.15, 0.2) is 22.1 Å². The topological polar surface area (TPSA) is 81.4 Å². The van der Waals surface area contributed by atoms with Crippen molar-refractivity contribution in [3.8, 4) is 0 Å². The van der Waals surface area contributed by atoms with Crippen LogP contribution in [0.1, 0.15) is 31.2 Å². The molecule has 0 atom stereocenters. The van der Waals surface area contributed by atoms with Gasteiger partial charge in [0.1, 0.15) is 10.3 Å². The van der Waals surface area contributed by atoms with E-state index >= 15 is 0 Å². The Morgan fingerprint density at radius 3 is 2.88 bits per heavy atom. The summed E-state index contributed by atoms with van der Waals surface area (Å²) in [6.07, 6.45) is 0.554. The molecule has 0 aromatic carbocycles. The Bertz CT molecular complexity index is 927. The van der Waals surface area contributed by atoms with Crippen LogP contribution in [0.2, 0.25) is 0 Å². The summed E-state index contributed by atoms with van der Waals surface area (Å²) in [6.45, 7) is 10.7. The van der Waals surface area contributed by atoms with E-state index in [1.807, 2.05) is 25.3 Å². The fraction of sp³-hybridized carbons (Fsp3) is 0.471. The van der Waals surface area contributed by atoms with Gasteiger partial charge in [0, 0.05) is 23.4 Å². The fourth-order valence-electron chi connectivity index (χ4n) is 2.80. The predicted molar refractivity (Wildman–Crippen MR) is 99.6 cm³/mol. The van der Waals surface area contributed by atoms with Crippen molar-refractivity contribution >= 4 is 39.4 Å². The number of fused-ring (bicyclic) bond motifs is 2. The van der Waals surface area contributed by atoms with Crippen molar-refractivity contribution in [2.45, 2.75) is 51.1 Å². The number of rotatable bonds is 5. The van der Waals surface area contributed by atoms with Gasteiger partial charge in [-0.2, -0.15) is 0 Å². The summed E-state index contributed by atoms with van der Waals surface area (Å²) in [6, 6.07) is 0. The van der Waals surface area contributed by atoms with Crippen LogP contribution >= 0.6 is 23.1 Å². The van der Waals surface area contributed by atoms with Crippen molar-refractivity contribution in [1.82, 2.24) is 9.55 Å². The smallest absolute Gasteiger partial charge is 0.313 e. The molecule has 6 nitrogen and oxygen atoms in total. The molecule has 8 heteroatoms. The molecule has 134 valence electrons. The average Bonchev–Trinajstić information content (AvgIpc) is 2.83. The molecular formula is C17H20N2O4S2. The minimum atomic E-state index is -0.917. The molecule has 1 aliphatic heterocycles. The molecule has 0 radical (unpaired) electrons. The lowest BCUT2D eigenvalue weighted by Gasteiger charge is -2.30. The van der Waals surface area contributed by atoms with E-state index < -0.39 is 5.97 Å². The molecule has 0 aliphatic carbocycles. The van der Waals surface area contributed by atoms with E-state index in [1.165, 1.54) is 11.3 Å². The number of carboxylic acids is 1. The Labute approximate surface area is 153 Å². The number of allylic oxidation sites excluding steroid dienone is 1. The monoisotopic (exact) mass is 380 g/mol. The highest BCUT2D eigenvalue weighted by Crippen LogP contribution is 2.33. The van der Waals surface area contributed by atoms with Gasteiger partial charge in [0.2, 0.25) is 5.43 Å². The van der Waals surface area contributed by atoms with Gasteiger partial charge >= 0.3 is 5.97 Å². The predicted octanol–water partition coefficient (Wildman–Crippen LogP) is 3.06. The average molecular weight is 380 g/mol. The van der Waals surface area contributed by atoms with Crippen molar-refractivity contribution in [2.75, 3.05) is 5.75 Å². The quantitative estimate of drug-likeness (QED) is 0.634. The normalized spacial score (nSPS) is 16.0. The van der Waals surface area contributed by atoms with Crippen LogP contribution in [0.25, 0.3) is 10.3 Å². The summed E-state index contributed by atoms with van der Waals surface area (Å²) in [5, 5.41) is 9.49. The zero-order valence-electron chi connectivity index (χ0n) is 14.4. The zero-order chi connectivity index (χ0) is 18.4. The van der Waals surface area contributed by atoms with Gasteiger partial charge in [0.25, 0.3) is 0 Å². The first-order valence-electron chi connectivity index (χ1n) is 7.86. The number of nitrogens with zero attached hydrogens (tertiary/aromatic N) is 2. The molecule has 2 aromatic rings. The molecule has 0 fully saturated rings. The highest BCUT2D eigenvalue weighted by Gasteiger charge is 2.30. The lowest BCUT2D eigenvalue weighted by atomic mass is 9.96. The van der Waals surface area contributed by atoms with Crippen LogP contribution in [0.5, 0.6) is 0 Å². The first kappa shape index (κ1) is 18.2. The van der Waals surface area contributed by atoms with E-state index in [0.717, 1.165) is 32.6 Å². The molecule has 3 heterocycles. The summed E-state index contributed by atoms with van der Waals surface area (Å²) in [5.41, 5.74) is 1.65. The Balaban J connectivity index is 2.18. The van der Waals surface area contributed by atoms with Crippen molar-refractivity contribution < 1.29 is 14.6 Å². The summed E-state index contributed by atoms with van der Waals surface area (Å²) < 4.78 is 7.73. The van der Waals surface area contributed by atoms with Gasteiger partial charge < -0.3 is 14.4 Å². The van der Waals surface area contributed by atoms with Crippen molar-refractivity contribution in [3.63, 3.8) is 0 Å². The Morgan fingerprint density at radius 1 is 1.52 bits per heavy atom. The van der Waals surface area contributed by atoms with Crippen LogP contribution in [0.3, 0.4) is 0 Å². The van der Waals surface area contributed by atoms with Gasteiger partial charge in [-0.05, 0) is 20.8 Å². The number of aliphatic carboxylic acids is 1. The number of imidazole rings is 1. The molecule has 2 aromatic heterocycles. The van der Waals surface area contributed by atoms with E-state index in [0.29, 0.717) is 30.2 Å². The van der Waals surface area contributed by atoms with Crippen LogP contribution in [0, 0.1) is 0 Å². The van der Waals surface area contributed by atoms with Gasteiger partial charge in [0.05, 0.1) is 18.0 Å². The highest BCUT2D eigenvalue weighted by molar-refractivity contribution is 7.99. The largest absolute Gasteiger partial charge is 0.481 e. The highest BCUT2D eigenvalue weighted by atomic mass is 32.2. The number of hydrogen-bond donors (Lipinski definition) is 1. The number of aromatic nitrogens is 2. The lowest BCUT2D eigenvalue weighted by molar-refractivity contribution is -0.133. The van der Waals surface area contributed by atoms with E-state index in [4.69, 9.17) is 9.84 Å². The maximum atomic E-state index is 13.0. The summed E-state index contributed by atoms with van der Waals surface area (Å²) >= 11 is 2.62. The minimum absolute atomic E-state index is 0.0715. The van der Waals surface area contributed by atoms with E-state index in [9.17, 15) is 9.59 Å². The second-order valence-corrected chi connectivity index (χ2v) is 8.86. The van der Waals surface area contributed by atoms with Crippen LogP contribution in [-0.2, 0) is 29.1 Å². The summed E-state index contributed by atoms with van der Waals surface area (Å²) in [7, 11) is 0. The van der Waals surface area contributed by atoms with Gasteiger partial charge in [-0.1, -0.05) is 23.9 Å². The molecule has 0 saturated heterocycles. The number of carboxylic acid groups (broad SMARTS) is 1. The summed E-state index contributed by atoms with van der Waals surface area (Å²) in [4.78, 5) is 30.0. The van der Waals surface area contributed by atoms with E-state index in [-0.39, 0.29) is 16.8 Å². The third-order valence-electron chi connectivity index (χ3n) is 3.88. The second-order valence-electron chi connectivity index (χ2n) is 6.83. The number of ether oxygens (including phenoxy) is 1. The van der Waals surface area contributed by atoms with E-state index in [2.05, 4.69) is 11.6 Å². The Morgan fingerprint density at radius 2 is 2.24 bits per heavy atom. The maximum absolute atomic E-state index is 13.0. The fourth-order valence-corrected chi connectivity index (χ4v) is 4.71. The van der Waals surface area contributed by atoms with Crippen molar-refractivity contribution in [3.05, 3.63) is 32.8 Å². The van der Waals surface area contributed by atoms with Crippen LogP contribution in [-0.4, -0.2) is 32.0 Å². The molecule has 3 rings (SSSR count). The van der Waals surface area contributed by atoms with Gasteiger partial charge in [-0.25, -0.2) is 4.98 Å². The van der Waals surface area contributed by atoms with Crippen molar-refractivity contribution in [2.24, 2.45) is 0 Å². The van der Waals surface area contributed by atoms with Crippen molar-refractivity contribution in [1.29, 1.82) is 0 Å². The second kappa shape index (κ2) is 6.59. The minimum Gasteiger partial charge on any atom is -0.481 e. The lowest BCUT2D eigenvalue weighted by Crippen LogP contribution is -2.34. The molecule has 25 heavy (non-hydrogen) atoms. The first-order chi connectivity index (χ1) is 11.7. The molecule has 0 unspecified atom stereocenters. The number of hydrogen-bond acceptors (Lipinski definition) is 6. The van der Waals surface area contributed by atoms with Gasteiger partial charge in [-0.15, -0.1) is 11.3 Å². The third kappa shape index (κ3) is 3.65. The molecule has 1 aliphatic rings. The molecule has 1 N–H and O–H groups in total. The molecular weight excluding hydrogens is 360 g/mol. The SMILES string of the molecule is C=C(C)Cn1c(SCC(=O)O)nc2c(=O)c3c(sc21)COC(C)(C)C3. The number of carbonyl (C=O) groups is 1. The van der Waals surface area contributed by atoms with Gasteiger partial charge in [0.15, 0.2) is 5.16 Å². The summed E-state index contributed by atoms with van der Waals surface area (Å²) in [5.74, 6) is -1.02. The third-order valence-corrected chi connectivity index (χ3v) is 6.06. The Hall–Kier alpha value is -1.64. The standard InChI is InChI=1S/C17H20N2O4S2/c1-9(2)6-19-15-13(18-16(19)24-8-12(20)21)14(22)10-5-17(3,4)23-7-11(10)25-15/h1,5-8H2,2-4H3,(H,20,21). The van der Waals surface area contributed by atoms with E-state index in [1.54, 1.807) is 0 Å². The van der Waals surface area contributed by atoms with Crippen LogP contribution in [0.4, 0.5) is 0 Å².